The molecule has 0 unspecified atom stereocenters. The first-order valence-corrected chi connectivity index (χ1v) is 8.77. The molecule has 0 amide bonds. The molecule has 0 saturated heterocycles. The molecule has 6 nitrogen and oxygen atoms in total. The SMILES string of the molecule is CCc1cccc(-c2cc(N/C(C)=C\C(=O)O)n(-c3cccnc3C)n2)c1. The van der Waals surface area contributed by atoms with E-state index in [1.54, 1.807) is 17.8 Å². The van der Waals surface area contributed by atoms with Crippen LogP contribution in [-0.4, -0.2) is 25.8 Å². The summed E-state index contributed by atoms with van der Waals surface area (Å²) in [6, 6.07) is 13.9. The highest BCUT2D eigenvalue weighted by atomic mass is 16.4. The summed E-state index contributed by atoms with van der Waals surface area (Å²) >= 11 is 0. The van der Waals surface area contributed by atoms with E-state index in [4.69, 9.17) is 10.2 Å². The van der Waals surface area contributed by atoms with Gasteiger partial charge in [0.25, 0.3) is 0 Å². The molecule has 0 saturated carbocycles. The van der Waals surface area contributed by atoms with Gasteiger partial charge in [0.15, 0.2) is 0 Å². The number of benzene rings is 1. The van der Waals surface area contributed by atoms with Crippen molar-refractivity contribution in [3.05, 3.63) is 71.7 Å². The Morgan fingerprint density at radius 3 is 2.78 bits per heavy atom. The van der Waals surface area contributed by atoms with Crippen LogP contribution in [0.2, 0.25) is 0 Å². The number of carboxylic acid groups (broad SMARTS) is 1. The third kappa shape index (κ3) is 4.23. The van der Waals surface area contributed by atoms with Crippen molar-refractivity contribution in [2.45, 2.75) is 27.2 Å². The van der Waals surface area contributed by atoms with Crippen LogP contribution in [0, 0.1) is 6.92 Å². The number of rotatable bonds is 6. The van der Waals surface area contributed by atoms with Crippen LogP contribution in [0.1, 0.15) is 25.1 Å². The normalized spacial score (nSPS) is 11.4. The summed E-state index contributed by atoms with van der Waals surface area (Å²) in [5.74, 6) is -0.322. The van der Waals surface area contributed by atoms with E-state index in [0.29, 0.717) is 11.5 Å². The monoisotopic (exact) mass is 362 g/mol. The Balaban J connectivity index is 2.11. The minimum absolute atomic E-state index is 0.513. The van der Waals surface area contributed by atoms with Crippen molar-refractivity contribution < 1.29 is 9.90 Å². The van der Waals surface area contributed by atoms with E-state index in [-0.39, 0.29) is 0 Å². The number of aliphatic carboxylic acids is 1. The van der Waals surface area contributed by atoms with E-state index in [9.17, 15) is 4.79 Å². The van der Waals surface area contributed by atoms with E-state index in [1.165, 1.54) is 5.56 Å². The zero-order chi connectivity index (χ0) is 19.4. The van der Waals surface area contributed by atoms with Crippen LogP contribution in [0.15, 0.2) is 60.4 Å². The number of nitrogens with one attached hydrogen (secondary N) is 1. The molecule has 2 N–H and O–H groups in total. The van der Waals surface area contributed by atoms with Crippen molar-refractivity contribution in [2.75, 3.05) is 5.32 Å². The average Bonchev–Trinajstić information content (AvgIpc) is 3.05. The van der Waals surface area contributed by atoms with Crippen LogP contribution < -0.4 is 5.32 Å². The van der Waals surface area contributed by atoms with Crippen molar-refractivity contribution in [3.63, 3.8) is 0 Å². The van der Waals surface area contributed by atoms with Gasteiger partial charge in [-0.05, 0) is 44.0 Å². The number of aryl methyl sites for hydroxylation is 2. The molecule has 1 aromatic carbocycles. The number of nitrogens with zero attached hydrogens (tertiary/aromatic N) is 3. The summed E-state index contributed by atoms with van der Waals surface area (Å²) < 4.78 is 1.76. The molecule has 0 bridgehead atoms. The number of hydrogen-bond acceptors (Lipinski definition) is 4. The molecule has 0 fully saturated rings. The van der Waals surface area contributed by atoms with Crippen molar-refractivity contribution in [3.8, 4) is 16.9 Å². The third-order valence-corrected chi connectivity index (χ3v) is 4.21. The molecule has 2 heterocycles. The first kappa shape index (κ1) is 18.4. The van der Waals surface area contributed by atoms with Crippen molar-refractivity contribution >= 4 is 11.8 Å². The Bertz CT molecular complexity index is 1000. The molecule has 27 heavy (non-hydrogen) atoms. The molecular weight excluding hydrogens is 340 g/mol. The average molecular weight is 362 g/mol. The summed E-state index contributed by atoms with van der Waals surface area (Å²) in [7, 11) is 0. The fraction of sp³-hybridized carbons (Fsp3) is 0.190. The number of aromatic nitrogens is 3. The van der Waals surface area contributed by atoms with Crippen molar-refractivity contribution in [1.82, 2.24) is 14.8 Å². The van der Waals surface area contributed by atoms with Crippen LogP contribution in [0.5, 0.6) is 0 Å². The van der Waals surface area contributed by atoms with E-state index in [0.717, 1.165) is 35.1 Å². The predicted molar refractivity (Wildman–Crippen MR) is 106 cm³/mol. The number of anilines is 1. The molecule has 0 radical (unpaired) electrons. The minimum Gasteiger partial charge on any atom is -0.478 e. The fourth-order valence-electron chi connectivity index (χ4n) is 2.87. The van der Waals surface area contributed by atoms with Crippen LogP contribution >= 0.6 is 0 Å². The van der Waals surface area contributed by atoms with Gasteiger partial charge in [-0.2, -0.15) is 5.10 Å². The van der Waals surface area contributed by atoms with Gasteiger partial charge in [0.05, 0.1) is 17.1 Å². The molecule has 6 heteroatoms. The highest BCUT2D eigenvalue weighted by Gasteiger charge is 2.14. The van der Waals surface area contributed by atoms with Gasteiger partial charge in [0.1, 0.15) is 5.82 Å². The second-order valence-corrected chi connectivity index (χ2v) is 6.28. The van der Waals surface area contributed by atoms with Crippen molar-refractivity contribution in [2.24, 2.45) is 0 Å². The summed E-state index contributed by atoms with van der Waals surface area (Å²) in [5, 5.41) is 16.9. The quantitative estimate of drug-likeness (QED) is 0.642. The number of carbonyl (C=O) groups is 1. The van der Waals surface area contributed by atoms with Gasteiger partial charge < -0.3 is 10.4 Å². The van der Waals surface area contributed by atoms with E-state index in [1.807, 2.05) is 37.3 Å². The van der Waals surface area contributed by atoms with Gasteiger partial charge in [0.2, 0.25) is 0 Å². The molecule has 0 aliphatic rings. The lowest BCUT2D eigenvalue weighted by Crippen LogP contribution is -2.07. The second kappa shape index (κ2) is 7.86. The summed E-state index contributed by atoms with van der Waals surface area (Å²) in [6.07, 6.45) is 3.81. The van der Waals surface area contributed by atoms with Crippen LogP contribution in [0.3, 0.4) is 0 Å². The minimum atomic E-state index is -1.00. The molecule has 2 aromatic heterocycles. The maximum Gasteiger partial charge on any atom is 0.330 e. The third-order valence-electron chi connectivity index (χ3n) is 4.21. The van der Waals surface area contributed by atoms with Gasteiger partial charge in [-0.25, -0.2) is 9.48 Å². The Morgan fingerprint density at radius 2 is 2.07 bits per heavy atom. The molecule has 3 rings (SSSR count). The predicted octanol–water partition coefficient (Wildman–Crippen LogP) is 4.21. The highest BCUT2D eigenvalue weighted by molar-refractivity contribution is 5.81. The summed E-state index contributed by atoms with van der Waals surface area (Å²) in [4.78, 5) is 15.3. The van der Waals surface area contributed by atoms with Crippen LogP contribution in [0.4, 0.5) is 5.82 Å². The number of carboxylic acids is 1. The molecular formula is C21H22N4O2. The molecule has 0 aliphatic heterocycles. The zero-order valence-electron chi connectivity index (χ0n) is 15.6. The standard InChI is InChI=1S/C21H22N4O2/c1-4-16-7-5-8-17(12-16)18-13-20(23-14(2)11-21(26)27)25(24-18)19-9-6-10-22-15(19)3/h5-13,23H,4H2,1-3H3,(H,26,27)/b14-11-. The maximum absolute atomic E-state index is 11.0. The van der Waals surface area contributed by atoms with Crippen molar-refractivity contribution in [1.29, 1.82) is 0 Å². The van der Waals surface area contributed by atoms with E-state index in [2.05, 4.69) is 29.4 Å². The van der Waals surface area contributed by atoms with Gasteiger partial charge in [0, 0.05) is 29.6 Å². The van der Waals surface area contributed by atoms with Gasteiger partial charge in [-0.1, -0.05) is 25.1 Å². The van der Waals surface area contributed by atoms with Gasteiger partial charge in [-0.15, -0.1) is 0 Å². The lowest BCUT2D eigenvalue weighted by Gasteiger charge is -2.11. The summed E-state index contributed by atoms with van der Waals surface area (Å²) in [6.45, 7) is 5.74. The maximum atomic E-state index is 11.0. The number of pyridine rings is 1. The lowest BCUT2D eigenvalue weighted by molar-refractivity contribution is -0.131. The van der Waals surface area contributed by atoms with Gasteiger partial charge in [-0.3, -0.25) is 4.98 Å². The van der Waals surface area contributed by atoms with E-state index < -0.39 is 5.97 Å². The fourth-order valence-corrected chi connectivity index (χ4v) is 2.87. The zero-order valence-corrected chi connectivity index (χ0v) is 15.6. The Kier molecular flexibility index (Phi) is 5.35. The first-order valence-electron chi connectivity index (χ1n) is 8.77. The lowest BCUT2D eigenvalue weighted by atomic mass is 10.1. The van der Waals surface area contributed by atoms with Gasteiger partial charge >= 0.3 is 5.97 Å². The number of hydrogen-bond donors (Lipinski definition) is 2. The topological polar surface area (TPSA) is 80.0 Å². The molecule has 138 valence electrons. The Hall–Kier alpha value is -3.41. The Morgan fingerprint density at radius 1 is 1.26 bits per heavy atom. The number of allylic oxidation sites excluding steroid dienone is 1. The van der Waals surface area contributed by atoms with Crippen LogP contribution in [0.25, 0.3) is 16.9 Å². The molecule has 0 atom stereocenters. The molecule has 3 aromatic rings. The molecule has 0 spiro atoms. The summed E-state index contributed by atoms with van der Waals surface area (Å²) in [5.41, 5.74) is 5.23. The highest BCUT2D eigenvalue weighted by Crippen LogP contribution is 2.27. The first-order chi connectivity index (χ1) is 13.0. The Labute approximate surface area is 158 Å². The van der Waals surface area contributed by atoms with Crippen LogP contribution in [-0.2, 0) is 11.2 Å². The second-order valence-electron chi connectivity index (χ2n) is 6.28. The molecule has 0 aliphatic carbocycles. The smallest absolute Gasteiger partial charge is 0.330 e. The van der Waals surface area contributed by atoms with E-state index >= 15 is 0 Å². The largest absolute Gasteiger partial charge is 0.478 e.